The molecule has 0 nitrogen and oxygen atoms in total. The third-order valence-electron chi connectivity index (χ3n) is 2.37. The average Bonchev–Trinajstić information content (AvgIpc) is 2.30. The molecule has 0 amide bonds. The van der Waals surface area contributed by atoms with E-state index in [-0.39, 0.29) is 5.82 Å². The first-order valence-corrected chi connectivity index (χ1v) is 6.17. The minimum atomic E-state index is -0.123. The van der Waals surface area contributed by atoms with Crippen LogP contribution in [-0.2, 0) is 5.75 Å². The molecule has 0 aromatic heterocycles. The molecule has 2 rings (SSSR count). The number of hydrogen-bond donors (Lipinski definition) is 0. The molecule has 0 saturated carbocycles. The molecule has 2 heteroatoms. The van der Waals surface area contributed by atoms with Gasteiger partial charge in [-0.2, -0.15) is 0 Å². The molecule has 0 radical (unpaired) electrons. The lowest BCUT2D eigenvalue weighted by Crippen LogP contribution is -1.86. The van der Waals surface area contributed by atoms with Crippen molar-refractivity contribution in [3.63, 3.8) is 0 Å². The molecule has 0 aliphatic heterocycles. The quantitative estimate of drug-likeness (QED) is 0.706. The summed E-state index contributed by atoms with van der Waals surface area (Å²) in [6.07, 6.45) is 0. The molecule has 0 saturated heterocycles. The van der Waals surface area contributed by atoms with E-state index in [1.54, 1.807) is 17.8 Å². The zero-order valence-electron chi connectivity index (χ0n) is 9.11. The summed E-state index contributed by atoms with van der Waals surface area (Å²) in [5.74, 6) is 0.553. The van der Waals surface area contributed by atoms with Crippen LogP contribution >= 0.6 is 11.8 Å². The van der Waals surface area contributed by atoms with Crippen LogP contribution in [0.2, 0.25) is 0 Å². The molecule has 0 N–H and O–H groups in total. The van der Waals surface area contributed by atoms with Gasteiger partial charge < -0.3 is 0 Å². The number of benzene rings is 2. The Hall–Kier alpha value is -1.28. The summed E-state index contributed by atoms with van der Waals surface area (Å²) in [5, 5.41) is 0. The van der Waals surface area contributed by atoms with E-state index < -0.39 is 0 Å². The normalized spacial score (nSPS) is 10.4. The molecular formula is C14H13FS. The fourth-order valence-electron chi connectivity index (χ4n) is 1.41. The second kappa shape index (κ2) is 5.17. The van der Waals surface area contributed by atoms with E-state index in [1.165, 1.54) is 16.5 Å². The van der Waals surface area contributed by atoms with Gasteiger partial charge in [0.15, 0.2) is 0 Å². The number of hydrogen-bond acceptors (Lipinski definition) is 1. The molecule has 16 heavy (non-hydrogen) atoms. The van der Waals surface area contributed by atoms with E-state index in [1.807, 2.05) is 12.1 Å². The van der Waals surface area contributed by atoms with Crippen LogP contribution in [0.3, 0.4) is 0 Å². The Labute approximate surface area is 99.5 Å². The van der Waals surface area contributed by atoms with Crippen LogP contribution in [0.5, 0.6) is 0 Å². The lowest BCUT2D eigenvalue weighted by atomic mass is 10.2. The van der Waals surface area contributed by atoms with Gasteiger partial charge in [0.2, 0.25) is 0 Å². The third kappa shape index (κ3) is 2.86. The second-order valence-corrected chi connectivity index (χ2v) is 4.74. The zero-order valence-corrected chi connectivity index (χ0v) is 9.93. The Bertz CT molecular complexity index is 462. The topological polar surface area (TPSA) is 0 Å². The highest BCUT2D eigenvalue weighted by atomic mass is 32.2. The van der Waals surface area contributed by atoms with Crippen molar-refractivity contribution in [1.29, 1.82) is 0 Å². The van der Waals surface area contributed by atoms with Gasteiger partial charge >= 0.3 is 0 Å². The Morgan fingerprint density at radius 2 is 1.69 bits per heavy atom. The molecule has 0 unspecified atom stereocenters. The molecule has 0 heterocycles. The summed E-state index contributed by atoms with van der Waals surface area (Å²) < 4.78 is 13.3. The highest BCUT2D eigenvalue weighted by Gasteiger charge is 2.01. The zero-order chi connectivity index (χ0) is 11.4. The predicted molar refractivity (Wildman–Crippen MR) is 67.1 cm³/mol. The summed E-state index contributed by atoms with van der Waals surface area (Å²) in [6, 6.07) is 15.2. The van der Waals surface area contributed by atoms with E-state index in [9.17, 15) is 4.39 Å². The predicted octanol–water partition coefficient (Wildman–Crippen LogP) is 4.43. The fraction of sp³-hybridized carbons (Fsp3) is 0.143. The Morgan fingerprint density at radius 1 is 1.00 bits per heavy atom. The van der Waals surface area contributed by atoms with Crippen LogP contribution in [0, 0.1) is 12.7 Å². The largest absolute Gasteiger partial charge is 0.207 e. The molecule has 0 spiro atoms. The molecule has 2 aromatic carbocycles. The number of thioether (sulfide) groups is 1. The molecule has 0 fully saturated rings. The van der Waals surface area contributed by atoms with Gasteiger partial charge in [0, 0.05) is 10.6 Å². The van der Waals surface area contributed by atoms with Crippen LogP contribution < -0.4 is 0 Å². The van der Waals surface area contributed by atoms with Crippen molar-refractivity contribution in [2.45, 2.75) is 17.6 Å². The highest BCUT2D eigenvalue weighted by Crippen LogP contribution is 2.24. The van der Waals surface area contributed by atoms with Gasteiger partial charge in [-0.3, -0.25) is 0 Å². The van der Waals surface area contributed by atoms with Crippen LogP contribution in [-0.4, -0.2) is 0 Å². The standard InChI is InChI=1S/C14H13FS/c1-11-6-8-13(9-7-11)16-10-12-4-2-3-5-14(12)15/h2-9H,10H2,1H3. The molecule has 2 aromatic rings. The van der Waals surface area contributed by atoms with Crippen LogP contribution in [0.1, 0.15) is 11.1 Å². The first-order chi connectivity index (χ1) is 7.75. The van der Waals surface area contributed by atoms with E-state index in [0.29, 0.717) is 5.75 Å². The lowest BCUT2D eigenvalue weighted by molar-refractivity contribution is 0.617. The first-order valence-electron chi connectivity index (χ1n) is 5.18. The lowest BCUT2D eigenvalue weighted by Gasteiger charge is -2.03. The van der Waals surface area contributed by atoms with Crippen molar-refractivity contribution in [3.05, 3.63) is 65.5 Å². The highest BCUT2D eigenvalue weighted by molar-refractivity contribution is 7.98. The summed E-state index contributed by atoms with van der Waals surface area (Å²) in [5.41, 5.74) is 2.00. The van der Waals surface area contributed by atoms with Gasteiger partial charge in [-0.15, -0.1) is 11.8 Å². The SMILES string of the molecule is Cc1ccc(SCc2ccccc2F)cc1. The molecule has 0 atom stereocenters. The van der Waals surface area contributed by atoms with Crippen molar-refractivity contribution in [2.75, 3.05) is 0 Å². The third-order valence-corrected chi connectivity index (χ3v) is 3.43. The summed E-state index contributed by atoms with van der Waals surface area (Å²) in [6.45, 7) is 2.06. The van der Waals surface area contributed by atoms with Crippen LogP contribution in [0.25, 0.3) is 0 Å². The van der Waals surface area contributed by atoms with Crippen LogP contribution in [0.4, 0.5) is 4.39 Å². The molecule has 0 aliphatic rings. The minimum Gasteiger partial charge on any atom is -0.207 e. The Morgan fingerprint density at radius 3 is 2.38 bits per heavy atom. The van der Waals surface area contributed by atoms with Gasteiger partial charge in [0.25, 0.3) is 0 Å². The van der Waals surface area contributed by atoms with Crippen molar-refractivity contribution >= 4 is 11.8 Å². The van der Waals surface area contributed by atoms with Gasteiger partial charge in [-0.05, 0) is 30.7 Å². The second-order valence-electron chi connectivity index (χ2n) is 3.69. The van der Waals surface area contributed by atoms with E-state index in [0.717, 1.165) is 5.56 Å². The summed E-state index contributed by atoms with van der Waals surface area (Å²) in [7, 11) is 0. The maximum absolute atomic E-state index is 13.3. The van der Waals surface area contributed by atoms with Gasteiger partial charge in [0.1, 0.15) is 5.82 Å². The van der Waals surface area contributed by atoms with Crippen molar-refractivity contribution in [2.24, 2.45) is 0 Å². The van der Waals surface area contributed by atoms with E-state index in [2.05, 4.69) is 31.2 Å². The van der Waals surface area contributed by atoms with Gasteiger partial charge in [0.05, 0.1) is 0 Å². The minimum absolute atomic E-state index is 0.123. The van der Waals surface area contributed by atoms with Crippen LogP contribution in [0.15, 0.2) is 53.4 Å². The number of aryl methyl sites for hydroxylation is 1. The number of halogens is 1. The van der Waals surface area contributed by atoms with Gasteiger partial charge in [-0.1, -0.05) is 35.9 Å². The molecular weight excluding hydrogens is 219 g/mol. The van der Waals surface area contributed by atoms with E-state index >= 15 is 0 Å². The smallest absolute Gasteiger partial charge is 0.127 e. The molecule has 0 aliphatic carbocycles. The van der Waals surface area contributed by atoms with E-state index in [4.69, 9.17) is 0 Å². The Balaban J connectivity index is 2.02. The summed E-state index contributed by atoms with van der Waals surface area (Å²) >= 11 is 1.66. The maximum atomic E-state index is 13.3. The van der Waals surface area contributed by atoms with Crippen molar-refractivity contribution in [3.8, 4) is 0 Å². The summed E-state index contributed by atoms with van der Waals surface area (Å²) in [4.78, 5) is 1.17. The molecule has 82 valence electrons. The fourth-order valence-corrected chi connectivity index (χ4v) is 2.30. The Kier molecular flexibility index (Phi) is 3.62. The first kappa shape index (κ1) is 11.2. The van der Waals surface area contributed by atoms with Crippen molar-refractivity contribution in [1.82, 2.24) is 0 Å². The van der Waals surface area contributed by atoms with Crippen molar-refractivity contribution < 1.29 is 4.39 Å². The average molecular weight is 232 g/mol. The number of rotatable bonds is 3. The van der Waals surface area contributed by atoms with Gasteiger partial charge in [-0.25, -0.2) is 4.39 Å². The molecule has 0 bridgehead atoms. The monoisotopic (exact) mass is 232 g/mol. The maximum Gasteiger partial charge on any atom is 0.127 e.